The Morgan fingerprint density at radius 2 is 1.86 bits per heavy atom. The summed E-state index contributed by atoms with van der Waals surface area (Å²) in [6.45, 7) is 15.2. The molecule has 0 bridgehead atoms. The van der Waals surface area contributed by atoms with Gasteiger partial charge in [0.25, 0.3) is 0 Å². The number of aliphatic hydroxyl groups is 1. The van der Waals surface area contributed by atoms with Crippen molar-refractivity contribution in [1.29, 1.82) is 0 Å². The monoisotopic (exact) mass is 299 g/mol. The van der Waals surface area contributed by atoms with E-state index in [4.69, 9.17) is 0 Å². The maximum Gasteiger partial charge on any atom is 0.0682 e. The summed E-state index contributed by atoms with van der Waals surface area (Å²) in [6, 6.07) is 0.482. The van der Waals surface area contributed by atoms with Crippen LogP contribution in [0.5, 0.6) is 0 Å². The van der Waals surface area contributed by atoms with Gasteiger partial charge >= 0.3 is 0 Å². The van der Waals surface area contributed by atoms with Crippen LogP contribution in [-0.2, 0) is 0 Å². The maximum atomic E-state index is 10.0. The second kappa shape index (κ2) is 7.40. The quantitative estimate of drug-likeness (QED) is 0.752. The molecular formula is C17H37N3O. The van der Waals surface area contributed by atoms with Crippen molar-refractivity contribution in [2.45, 2.75) is 65.1 Å². The molecule has 1 heterocycles. The van der Waals surface area contributed by atoms with Crippen LogP contribution in [0.1, 0.15) is 47.5 Å². The lowest BCUT2D eigenvalue weighted by Gasteiger charge is -2.38. The Balaban J connectivity index is 2.65. The van der Waals surface area contributed by atoms with E-state index in [1.807, 2.05) is 0 Å². The number of hydrogen-bond donors (Lipinski definition) is 2. The smallest absolute Gasteiger partial charge is 0.0682 e. The molecular weight excluding hydrogens is 262 g/mol. The molecule has 4 heteroatoms. The first-order chi connectivity index (χ1) is 9.54. The minimum atomic E-state index is -0.161. The topological polar surface area (TPSA) is 38.7 Å². The molecule has 0 aromatic heterocycles. The molecule has 3 unspecified atom stereocenters. The summed E-state index contributed by atoms with van der Waals surface area (Å²) in [4.78, 5) is 4.73. The van der Waals surface area contributed by atoms with E-state index >= 15 is 0 Å². The van der Waals surface area contributed by atoms with Gasteiger partial charge in [-0.1, -0.05) is 13.8 Å². The van der Waals surface area contributed by atoms with Gasteiger partial charge in [-0.25, -0.2) is 0 Å². The summed E-state index contributed by atoms with van der Waals surface area (Å²) in [5.41, 5.74) is 0.409. The molecule has 1 fully saturated rings. The third-order valence-corrected chi connectivity index (χ3v) is 4.57. The molecule has 0 amide bonds. The third kappa shape index (κ3) is 6.64. The summed E-state index contributed by atoms with van der Waals surface area (Å²) in [5.74, 6) is 0. The van der Waals surface area contributed by atoms with E-state index < -0.39 is 0 Å². The van der Waals surface area contributed by atoms with Crippen LogP contribution in [0.3, 0.4) is 0 Å². The van der Waals surface area contributed by atoms with Crippen LogP contribution < -0.4 is 5.32 Å². The van der Waals surface area contributed by atoms with Crippen LogP contribution in [-0.4, -0.2) is 72.9 Å². The van der Waals surface area contributed by atoms with Gasteiger partial charge in [-0.2, -0.15) is 0 Å². The van der Waals surface area contributed by atoms with Crippen LogP contribution in [0.4, 0.5) is 0 Å². The summed E-state index contributed by atoms with van der Waals surface area (Å²) < 4.78 is 0. The minimum absolute atomic E-state index is 0.157. The zero-order valence-corrected chi connectivity index (χ0v) is 15.2. The molecule has 0 radical (unpaired) electrons. The standard InChI is InChI=1S/C17H37N3O/c1-8-17(5,12-18-16(2,3)4)13-20-11-15(21)9-14(20)10-19(6)7/h14-15,18,21H,8-13H2,1-7H3. The highest BCUT2D eigenvalue weighted by molar-refractivity contribution is 4.91. The van der Waals surface area contributed by atoms with E-state index in [1.165, 1.54) is 0 Å². The fourth-order valence-corrected chi connectivity index (χ4v) is 3.02. The molecule has 1 rings (SSSR count). The normalized spacial score (nSPS) is 27.3. The Labute approximate surface area is 131 Å². The molecule has 21 heavy (non-hydrogen) atoms. The molecule has 0 spiro atoms. The van der Waals surface area contributed by atoms with Crippen molar-refractivity contribution in [1.82, 2.24) is 15.1 Å². The first kappa shape index (κ1) is 18.9. The predicted molar refractivity (Wildman–Crippen MR) is 90.7 cm³/mol. The average Bonchev–Trinajstić information content (AvgIpc) is 2.65. The van der Waals surface area contributed by atoms with Gasteiger partial charge in [-0.05, 0) is 53.1 Å². The first-order valence-electron chi connectivity index (χ1n) is 8.36. The molecule has 4 nitrogen and oxygen atoms in total. The second-order valence-electron chi connectivity index (χ2n) is 8.50. The van der Waals surface area contributed by atoms with Crippen molar-refractivity contribution in [3.05, 3.63) is 0 Å². The summed E-state index contributed by atoms with van der Waals surface area (Å²) in [7, 11) is 4.23. The largest absolute Gasteiger partial charge is 0.392 e. The number of β-amino-alcohol motifs (C(OH)–C–C–N with tert-alkyl or cyclic N) is 1. The number of likely N-dealkylation sites (N-methyl/N-ethyl adjacent to an activating group) is 1. The Kier molecular flexibility index (Phi) is 6.66. The molecule has 1 aliphatic rings. The number of nitrogens with one attached hydrogen (secondary N) is 1. The van der Waals surface area contributed by atoms with E-state index in [2.05, 4.69) is 63.8 Å². The van der Waals surface area contributed by atoms with Gasteiger partial charge < -0.3 is 15.3 Å². The molecule has 1 aliphatic heterocycles. The van der Waals surface area contributed by atoms with E-state index in [9.17, 15) is 5.11 Å². The lowest BCUT2D eigenvalue weighted by atomic mass is 9.85. The van der Waals surface area contributed by atoms with Gasteiger partial charge in [0.15, 0.2) is 0 Å². The molecule has 1 saturated heterocycles. The van der Waals surface area contributed by atoms with E-state index in [-0.39, 0.29) is 17.1 Å². The Hall–Kier alpha value is -0.160. The van der Waals surface area contributed by atoms with Gasteiger partial charge in [0.05, 0.1) is 6.10 Å². The molecule has 0 aromatic carbocycles. The Bertz CT molecular complexity index is 314. The van der Waals surface area contributed by atoms with Crippen molar-refractivity contribution in [3.8, 4) is 0 Å². The molecule has 126 valence electrons. The Morgan fingerprint density at radius 1 is 1.24 bits per heavy atom. The van der Waals surface area contributed by atoms with Crippen molar-refractivity contribution >= 4 is 0 Å². The lowest BCUT2D eigenvalue weighted by Crippen LogP contribution is -2.49. The van der Waals surface area contributed by atoms with Gasteiger partial charge in [-0.15, -0.1) is 0 Å². The number of hydrogen-bond acceptors (Lipinski definition) is 4. The van der Waals surface area contributed by atoms with Gasteiger partial charge in [0.2, 0.25) is 0 Å². The average molecular weight is 300 g/mol. The number of aliphatic hydroxyl groups excluding tert-OH is 1. The lowest BCUT2D eigenvalue weighted by molar-refractivity contribution is 0.113. The predicted octanol–water partition coefficient (Wildman–Crippen LogP) is 1.79. The molecule has 0 aromatic rings. The van der Waals surface area contributed by atoms with E-state index in [1.54, 1.807) is 0 Å². The first-order valence-corrected chi connectivity index (χ1v) is 8.36. The van der Waals surface area contributed by atoms with Crippen molar-refractivity contribution in [3.63, 3.8) is 0 Å². The van der Waals surface area contributed by atoms with Crippen LogP contribution in [0.2, 0.25) is 0 Å². The van der Waals surface area contributed by atoms with Crippen LogP contribution in [0, 0.1) is 5.41 Å². The molecule has 0 aliphatic carbocycles. The minimum Gasteiger partial charge on any atom is -0.392 e. The summed E-state index contributed by atoms with van der Waals surface area (Å²) in [6.07, 6.45) is 1.90. The van der Waals surface area contributed by atoms with E-state index in [0.717, 1.165) is 39.0 Å². The second-order valence-corrected chi connectivity index (χ2v) is 8.50. The van der Waals surface area contributed by atoms with Gasteiger partial charge in [0, 0.05) is 37.8 Å². The number of likely N-dealkylation sites (tertiary alicyclic amines) is 1. The van der Waals surface area contributed by atoms with E-state index in [0.29, 0.717) is 6.04 Å². The molecule has 3 atom stereocenters. The molecule has 2 N–H and O–H groups in total. The van der Waals surface area contributed by atoms with Crippen LogP contribution >= 0.6 is 0 Å². The maximum absolute atomic E-state index is 10.0. The SMILES string of the molecule is CCC(C)(CNC(C)(C)C)CN1CC(O)CC1CN(C)C. The van der Waals surface area contributed by atoms with Gasteiger partial charge in [-0.3, -0.25) is 4.90 Å². The van der Waals surface area contributed by atoms with Crippen molar-refractivity contribution < 1.29 is 5.11 Å². The van der Waals surface area contributed by atoms with Crippen molar-refractivity contribution in [2.24, 2.45) is 5.41 Å². The summed E-state index contributed by atoms with van der Waals surface area (Å²) in [5, 5.41) is 13.7. The van der Waals surface area contributed by atoms with Gasteiger partial charge in [0.1, 0.15) is 0 Å². The Morgan fingerprint density at radius 3 is 2.33 bits per heavy atom. The highest BCUT2D eigenvalue weighted by Crippen LogP contribution is 2.28. The number of rotatable bonds is 7. The fourth-order valence-electron chi connectivity index (χ4n) is 3.02. The zero-order valence-electron chi connectivity index (χ0n) is 15.2. The highest BCUT2D eigenvalue weighted by Gasteiger charge is 2.36. The fraction of sp³-hybridized carbons (Fsp3) is 1.00. The number of nitrogens with zero attached hydrogens (tertiary/aromatic N) is 2. The molecule has 0 saturated carbocycles. The summed E-state index contributed by atoms with van der Waals surface area (Å²) >= 11 is 0. The highest BCUT2D eigenvalue weighted by atomic mass is 16.3. The van der Waals surface area contributed by atoms with Crippen LogP contribution in [0.15, 0.2) is 0 Å². The van der Waals surface area contributed by atoms with Crippen LogP contribution in [0.25, 0.3) is 0 Å². The zero-order chi connectivity index (χ0) is 16.3. The third-order valence-electron chi connectivity index (χ3n) is 4.57. The van der Waals surface area contributed by atoms with Crippen molar-refractivity contribution in [2.75, 3.05) is 40.3 Å².